The molecule has 140 valence electrons. The molecule has 0 saturated carbocycles. The highest BCUT2D eigenvalue weighted by Gasteiger charge is 2.27. The van der Waals surface area contributed by atoms with Crippen LogP contribution in [-0.2, 0) is 17.6 Å². The van der Waals surface area contributed by atoms with Crippen molar-refractivity contribution < 1.29 is 9.18 Å². The van der Waals surface area contributed by atoms with Crippen LogP contribution in [0, 0.1) is 19.7 Å². The first-order valence-corrected chi connectivity index (χ1v) is 9.28. The average Bonchev–Trinajstić information content (AvgIpc) is 3.12. The van der Waals surface area contributed by atoms with Gasteiger partial charge in [-0.3, -0.25) is 4.79 Å². The predicted octanol–water partition coefficient (Wildman–Crippen LogP) is 3.45. The monoisotopic (exact) mass is 387 g/mol. The minimum atomic E-state index is -0.402. The Labute approximate surface area is 161 Å². The number of amides is 1. The van der Waals surface area contributed by atoms with Gasteiger partial charge in [0.1, 0.15) is 12.1 Å². The Bertz CT molecular complexity index is 1050. The van der Waals surface area contributed by atoms with E-state index in [0.717, 1.165) is 23.4 Å². The molecule has 1 aliphatic rings. The Morgan fingerprint density at radius 1 is 1.33 bits per heavy atom. The first-order chi connectivity index (χ1) is 13.0. The lowest BCUT2D eigenvalue weighted by atomic mass is 9.99. The summed E-state index contributed by atoms with van der Waals surface area (Å²) in [6, 6.07) is 2.87. The molecule has 0 atom stereocenters. The molecule has 3 heterocycles. The van der Waals surface area contributed by atoms with Gasteiger partial charge in [0.05, 0.1) is 5.69 Å². The lowest BCUT2D eigenvalue weighted by Crippen LogP contribution is -2.36. The number of fused-ring (bicyclic) bond motifs is 2. The molecule has 1 aromatic carbocycles. The van der Waals surface area contributed by atoms with Gasteiger partial charge >= 0.3 is 0 Å². The number of nitrogens with zero attached hydrogens (tertiary/aromatic N) is 5. The summed E-state index contributed by atoms with van der Waals surface area (Å²) < 4.78 is 16.1. The maximum atomic E-state index is 14.4. The van der Waals surface area contributed by atoms with Gasteiger partial charge in [0.25, 0.3) is 5.78 Å². The standard InChI is InChI=1S/C19H19ClFN5O/c1-11-13(12(2)26-19(24-11)22-10-23-26)5-8-17(27)25-9-3-4-14-15(20)6-7-16(21)18(14)25/h6-7,10H,3-5,8-9H2,1-2H3. The number of hydrogen-bond acceptors (Lipinski definition) is 4. The van der Waals surface area contributed by atoms with Gasteiger partial charge < -0.3 is 4.90 Å². The number of carbonyl (C=O) groups is 1. The first kappa shape index (κ1) is 17.9. The van der Waals surface area contributed by atoms with Crippen molar-refractivity contribution in [2.45, 2.75) is 39.5 Å². The largest absolute Gasteiger partial charge is 0.309 e. The fraction of sp³-hybridized carbons (Fsp3) is 0.368. The maximum Gasteiger partial charge on any atom is 0.252 e. The van der Waals surface area contributed by atoms with Crippen molar-refractivity contribution >= 4 is 29.0 Å². The molecule has 0 spiro atoms. The number of benzene rings is 1. The van der Waals surface area contributed by atoms with E-state index in [4.69, 9.17) is 11.6 Å². The highest BCUT2D eigenvalue weighted by molar-refractivity contribution is 6.32. The predicted molar refractivity (Wildman–Crippen MR) is 101 cm³/mol. The van der Waals surface area contributed by atoms with E-state index in [0.29, 0.717) is 41.4 Å². The summed E-state index contributed by atoms with van der Waals surface area (Å²) in [6.07, 6.45) is 3.68. The first-order valence-electron chi connectivity index (χ1n) is 8.90. The summed E-state index contributed by atoms with van der Waals surface area (Å²) in [4.78, 5) is 23.0. The second-order valence-corrected chi connectivity index (χ2v) is 7.15. The number of carbonyl (C=O) groups excluding carboxylic acids is 1. The Morgan fingerprint density at radius 3 is 2.96 bits per heavy atom. The van der Waals surface area contributed by atoms with Crippen LogP contribution in [0.5, 0.6) is 0 Å². The quantitative estimate of drug-likeness (QED) is 0.690. The van der Waals surface area contributed by atoms with E-state index in [9.17, 15) is 9.18 Å². The van der Waals surface area contributed by atoms with Crippen LogP contribution >= 0.6 is 11.6 Å². The van der Waals surface area contributed by atoms with Gasteiger partial charge in [-0.25, -0.2) is 13.9 Å². The molecule has 8 heteroatoms. The fourth-order valence-electron chi connectivity index (χ4n) is 3.77. The molecule has 0 saturated heterocycles. The third kappa shape index (κ3) is 3.06. The van der Waals surface area contributed by atoms with E-state index < -0.39 is 5.82 Å². The Hall–Kier alpha value is -2.54. The van der Waals surface area contributed by atoms with Crippen LogP contribution in [0.25, 0.3) is 5.78 Å². The molecular weight excluding hydrogens is 369 g/mol. The number of rotatable bonds is 3. The van der Waals surface area contributed by atoms with E-state index >= 15 is 0 Å². The molecule has 0 fully saturated rings. The molecule has 2 aromatic heterocycles. The SMILES string of the molecule is Cc1nc2ncnn2c(C)c1CCC(=O)N1CCCc2c(Cl)ccc(F)c21. The van der Waals surface area contributed by atoms with Gasteiger partial charge in [-0.1, -0.05) is 11.6 Å². The van der Waals surface area contributed by atoms with E-state index in [1.54, 1.807) is 10.6 Å². The van der Waals surface area contributed by atoms with Crippen LogP contribution in [0.15, 0.2) is 18.5 Å². The summed E-state index contributed by atoms with van der Waals surface area (Å²) in [5.74, 6) is 0.0249. The van der Waals surface area contributed by atoms with Crippen molar-refractivity contribution in [3.8, 4) is 0 Å². The van der Waals surface area contributed by atoms with Gasteiger partial charge in [0.2, 0.25) is 5.91 Å². The second kappa shape index (κ2) is 6.88. The molecule has 3 aromatic rings. The molecule has 0 aliphatic carbocycles. The topological polar surface area (TPSA) is 63.4 Å². The molecule has 27 heavy (non-hydrogen) atoms. The normalized spacial score (nSPS) is 13.9. The molecule has 0 bridgehead atoms. The maximum absolute atomic E-state index is 14.4. The van der Waals surface area contributed by atoms with Crippen molar-refractivity contribution in [1.29, 1.82) is 0 Å². The van der Waals surface area contributed by atoms with E-state index in [-0.39, 0.29) is 12.3 Å². The van der Waals surface area contributed by atoms with Crippen LogP contribution < -0.4 is 4.90 Å². The van der Waals surface area contributed by atoms with Crippen molar-refractivity contribution in [3.63, 3.8) is 0 Å². The van der Waals surface area contributed by atoms with E-state index in [1.165, 1.54) is 17.3 Å². The molecule has 6 nitrogen and oxygen atoms in total. The van der Waals surface area contributed by atoms with Crippen LogP contribution in [0.2, 0.25) is 5.02 Å². The number of halogens is 2. The molecule has 1 amide bonds. The van der Waals surface area contributed by atoms with Crippen LogP contribution in [0.3, 0.4) is 0 Å². The lowest BCUT2D eigenvalue weighted by molar-refractivity contribution is -0.118. The number of hydrogen-bond donors (Lipinski definition) is 0. The zero-order valence-corrected chi connectivity index (χ0v) is 15.9. The Balaban J connectivity index is 1.59. The fourth-order valence-corrected chi connectivity index (χ4v) is 4.02. The van der Waals surface area contributed by atoms with E-state index in [2.05, 4.69) is 15.1 Å². The molecule has 0 radical (unpaired) electrons. The van der Waals surface area contributed by atoms with Gasteiger partial charge in [-0.05, 0) is 56.4 Å². The highest BCUT2D eigenvalue weighted by Crippen LogP contribution is 2.35. The summed E-state index contributed by atoms with van der Waals surface area (Å²) in [6.45, 7) is 4.34. The minimum Gasteiger partial charge on any atom is -0.309 e. The average molecular weight is 388 g/mol. The third-order valence-corrected chi connectivity index (χ3v) is 5.49. The second-order valence-electron chi connectivity index (χ2n) is 6.74. The Kier molecular flexibility index (Phi) is 4.55. The number of aromatic nitrogens is 4. The van der Waals surface area contributed by atoms with Crippen LogP contribution in [0.4, 0.5) is 10.1 Å². The van der Waals surface area contributed by atoms with Crippen molar-refractivity contribution in [2.24, 2.45) is 0 Å². The zero-order chi connectivity index (χ0) is 19.1. The van der Waals surface area contributed by atoms with Gasteiger partial charge in [-0.2, -0.15) is 10.1 Å². The lowest BCUT2D eigenvalue weighted by Gasteiger charge is -2.30. The summed E-state index contributed by atoms with van der Waals surface area (Å²) in [7, 11) is 0. The summed E-state index contributed by atoms with van der Waals surface area (Å²) in [5, 5.41) is 4.68. The highest BCUT2D eigenvalue weighted by atomic mass is 35.5. The van der Waals surface area contributed by atoms with Crippen LogP contribution in [0.1, 0.15) is 35.4 Å². The van der Waals surface area contributed by atoms with Crippen LogP contribution in [-0.4, -0.2) is 32.0 Å². The molecule has 0 unspecified atom stereocenters. The van der Waals surface area contributed by atoms with Gasteiger partial charge in [0.15, 0.2) is 0 Å². The minimum absolute atomic E-state index is 0.116. The zero-order valence-electron chi connectivity index (χ0n) is 15.2. The number of anilines is 1. The summed E-state index contributed by atoms with van der Waals surface area (Å²) in [5.41, 5.74) is 3.75. The number of aryl methyl sites for hydroxylation is 2. The van der Waals surface area contributed by atoms with Crippen molar-refractivity contribution in [2.75, 3.05) is 11.4 Å². The molecule has 1 aliphatic heterocycles. The molecule has 0 N–H and O–H groups in total. The molecular formula is C19H19ClFN5O. The molecule has 4 rings (SSSR count). The van der Waals surface area contributed by atoms with Gasteiger partial charge in [-0.15, -0.1) is 0 Å². The van der Waals surface area contributed by atoms with Crippen molar-refractivity contribution in [3.05, 3.63) is 51.8 Å². The Morgan fingerprint density at radius 2 is 2.15 bits per heavy atom. The van der Waals surface area contributed by atoms with Gasteiger partial charge in [0, 0.05) is 29.4 Å². The van der Waals surface area contributed by atoms with E-state index in [1.807, 2.05) is 13.8 Å². The smallest absolute Gasteiger partial charge is 0.252 e. The van der Waals surface area contributed by atoms with Crippen molar-refractivity contribution in [1.82, 2.24) is 19.6 Å². The summed E-state index contributed by atoms with van der Waals surface area (Å²) >= 11 is 6.21. The third-order valence-electron chi connectivity index (χ3n) is 5.13.